The van der Waals surface area contributed by atoms with E-state index >= 15 is 0 Å². The van der Waals surface area contributed by atoms with E-state index in [0.29, 0.717) is 17.4 Å². The molecule has 5 nitrogen and oxygen atoms in total. The van der Waals surface area contributed by atoms with Gasteiger partial charge in [-0.3, -0.25) is 9.59 Å². The maximum atomic E-state index is 12.7. The van der Waals surface area contributed by atoms with Crippen LogP contribution in [-0.4, -0.2) is 28.2 Å². The quantitative estimate of drug-likeness (QED) is 0.521. The van der Waals surface area contributed by atoms with Crippen molar-refractivity contribution in [1.82, 2.24) is 9.97 Å². The van der Waals surface area contributed by atoms with Crippen molar-refractivity contribution in [2.75, 3.05) is 17.2 Å². The van der Waals surface area contributed by atoms with Gasteiger partial charge in [0.1, 0.15) is 0 Å². The van der Waals surface area contributed by atoms with E-state index in [-0.39, 0.29) is 17.2 Å². The van der Waals surface area contributed by atoms with Gasteiger partial charge < -0.3 is 9.88 Å². The molecule has 0 unspecified atom stereocenters. The van der Waals surface area contributed by atoms with Crippen LogP contribution in [0.25, 0.3) is 11.3 Å². The predicted octanol–water partition coefficient (Wildman–Crippen LogP) is 3.89. The van der Waals surface area contributed by atoms with Gasteiger partial charge >= 0.3 is 0 Å². The summed E-state index contributed by atoms with van der Waals surface area (Å²) >= 11 is 1.24. The third-order valence-electron chi connectivity index (χ3n) is 4.05. The van der Waals surface area contributed by atoms with Gasteiger partial charge in [0.05, 0.1) is 11.4 Å². The minimum atomic E-state index is -0.232. The summed E-state index contributed by atoms with van der Waals surface area (Å²) in [6.45, 7) is 4.53. The van der Waals surface area contributed by atoms with E-state index in [2.05, 4.69) is 9.97 Å². The van der Waals surface area contributed by atoms with E-state index in [0.717, 1.165) is 16.8 Å². The SMILES string of the molecule is CCN(C(=O)CSc1nc(-c2ccccc2)cc(=O)[nH]1)c1cccc(C)c1. The highest BCUT2D eigenvalue weighted by atomic mass is 32.2. The zero-order valence-electron chi connectivity index (χ0n) is 15.3. The molecule has 0 saturated heterocycles. The Kier molecular flexibility index (Phi) is 6.08. The van der Waals surface area contributed by atoms with Gasteiger partial charge in [-0.1, -0.05) is 54.2 Å². The van der Waals surface area contributed by atoms with Gasteiger partial charge in [0.15, 0.2) is 5.16 Å². The first kappa shape index (κ1) is 18.9. The van der Waals surface area contributed by atoms with Crippen molar-refractivity contribution in [3.63, 3.8) is 0 Å². The van der Waals surface area contributed by atoms with Gasteiger partial charge in [0, 0.05) is 23.9 Å². The fraction of sp³-hybridized carbons (Fsp3) is 0.190. The Labute approximate surface area is 162 Å². The molecule has 27 heavy (non-hydrogen) atoms. The number of rotatable bonds is 6. The number of carbonyl (C=O) groups excluding carboxylic acids is 1. The molecule has 0 aliphatic carbocycles. The number of hydrogen-bond donors (Lipinski definition) is 1. The number of amides is 1. The highest BCUT2D eigenvalue weighted by molar-refractivity contribution is 7.99. The lowest BCUT2D eigenvalue weighted by Gasteiger charge is -2.21. The molecule has 0 atom stereocenters. The molecule has 1 heterocycles. The molecule has 1 aromatic heterocycles. The van der Waals surface area contributed by atoms with E-state index in [4.69, 9.17) is 0 Å². The number of thioether (sulfide) groups is 1. The van der Waals surface area contributed by atoms with Crippen LogP contribution in [0.1, 0.15) is 12.5 Å². The molecular weight excluding hydrogens is 358 g/mol. The predicted molar refractivity (Wildman–Crippen MR) is 110 cm³/mol. The number of hydrogen-bond acceptors (Lipinski definition) is 4. The zero-order chi connectivity index (χ0) is 19.2. The topological polar surface area (TPSA) is 66.1 Å². The standard InChI is InChI=1S/C21H21N3O2S/c1-3-24(17-11-7-8-15(2)12-17)20(26)14-27-21-22-18(13-19(25)23-21)16-9-5-4-6-10-16/h4-13H,3,14H2,1-2H3,(H,22,23,25). The van der Waals surface area contributed by atoms with Gasteiger partial charge in [0.2, 0.25) is 5.91 Å². The number of carbonyl (C=O) groups is 1. The van der Waals surface area contributed by atoms with E-state index < -0.39 is 0 Å². The number of aromatic nitrogens is 2. The van der Waals surface area contributed by atoms with Gasteiger partial charge in [-0.05, 0) is 31.5 Å². The smallest absolute Gasteiger partial charge is 0.252 e. The fourth-order valence-corrected chi connectivity index (χ4v) is 3.52. The molecule has 0 bridgehead atoms. The molecule has 3 rings (SSSR count). The Morgan fingerprint density at radius 2 is 1.89 bits per heavy atom. The first-order chi connectivity index (χ1) is 13.1. The van der Waals surface area contributed by atoms with Crippen molar-refractivity contribution in [2.45, 2.75) is 19.0 Å². The van der Waals surface area contributed by atoms with Crippen molar-refractivity contribution in [2.24, 2.45) is 0 Å². The van der Waals surface area contributed by atoms with Crippen LogP contribution < -0.4 is 10.5 Å². The normalized spacial score (nSPS) is 10.6. The molecule has 0 spiro atoms. The number of nitrogens with one attached hydrogen (secondary N) is 1. The van der Waals surface area contributed by atoms with Crippen LogP contribution >= 0.6 is 11.8 Å². The van der Waals surface area contributed by atoms with Crippen LogP contribution in [-0.2, 0) is 4.79 Å². The van der Waals surface area contributed by atoms with Gasteiger partial charge in [0.25, 0.3) is 5.56 Å². The van der Waals surface area contributed by atoms with Gasteiger partial charge in [-0.15, -0.1) is 0 Å². The zero-order valence-corrected chi connectivity index (χ0v) is 16.1. The Bertz CT molecular complexity index is 986. The van der Waals surface area contributed by atoms with Crippen LogP contribution in [0.3, 0.4) is 0 Å². The van der Waals surface area contributed by atoms with Crippen LogP contribution in [0.2, 0.25) is 0 Å². The second kappa shape index (κ2) is 8.68. The Balaban J connectivity index is 1.75. The first-order valence-corrected chi connectivity index (χ1v) is 9.72. The maximum absolute atomic E-state index is 12.7. The van der Waals surface area contributed by atoms with Crippen molar-refractivity contribution >= 4 is 23.4 Å². The summed E-state index contributed by atoms with van der Waals surface area (Å²) in [6, 6.07) is 18.8. The summed E-state index contributed by atoms with van der Waals surface area (Å²) in [6.07, 6.45) is 0. The summed E-state index contributed by atoms with van der Waals surface area (Å²) in [5.74, 6) is 0.170. The molecule has 3 aromatic rings. The molecular formula is C21H21N3O2S. The molecule has 0 radical (unpaired) electrons. The summed E-state index contributed by atoms with van der Waals surface area (Å²) in [5.41, 5.74) is 3.22. The third kappa shape index (κ3) is 4.86. The van der Waals surface area contributed by atoms with Crippen molar-refractivity contribution in [3.8, 4) is 11.3 Å². The number of benzene rings is 2. The molecule has 6 heteroatoms. The molecule has 0 fully saturated rings. The van der Waals surface area contributed by atoms with E-state index in [1.165, 1.54) is 17.8 Å². The highest BCUT2D eigenvalue weighted by Gasteiger charge is 2.15. The van der Waals surface area contributed by atoms with Crippen molar-refractivity contribution < 1.29 is 4.79 Å². The second-order valence-electron chi connectivity index (χ2n) is 6.07. The van der Waals surface area contributed by atoms with Crippen LogP contribution in [0, 0.1) is 6.92 Å². The van der Waals surface area contributed by atoms with E-state index in [1.807, 2.05) is 68.4 Å². The first-order valence-electron chi connectivity index (χ1n) is 8.73. The number of aryl methyl sites for hydroxylation is 1. The van der Waals surface area contributed by atoms with Crippen LogP contribution in [0.4, 0.5) is 5.69 Å². The molecule has 2 aromatic carbocycles. The lowest BCUT2D eigenvalue weighted by Crippen LogP contribution is -2.32. The van der Waals surface area contributed by atoms with E-state index in [9.17, 15) is 9.59 Å². The van der Waals surface area contributed by atoms with Crippen molar-refractivity contribution in [3.05, 3.63) is 76.6 Å². The summed E-state index contributed by atoms with van der Waals surface area (Å²) < 4.78 is 0. The lowest BCUT2D eigenvalue weighted by molar-refractivity contribution is -0.116. The summed E-state index contributed by atoms with van der Waals surface area (Å²) in [7, 11) is 0. The minimum absolute atomic E-state index is 0.0270. The highest BCUT2D eigenvalue weighted by Crippen LogP contribution is 2.21. The summed E-state index contributed by atoms with van der Waals surface area (Å²) in [5, 5.41) is 0.440. The molecule has 0 aliphatic heterocycles. The van der Waals surface area contributed by atoms with Crippen LogP contribution in [0.5, 0.6) is 0 Å². The average molecular weight is 379 g/mol. The largest absolute Gasteiger partial charge is 0.312 e. The fourth-order valence-electron chi connectivity index (χ4n) is 2.77. The Morgan fingerprint density at radius 1 is 1.11 bits per heavy atom. The molecule has 1 amide bonds. The third-order valence-corrected chi connectivity index (χ3v) is 4.91. The molecule has 0 saturated carbocycles. The second-order valence-corrected chi connectivity index (χ2v) is 7.03. The number of aromatic amines is 1. The molecule has 1 N–H and O–H groups in total. The van der Waals surface area contributed by atoms with Gasteiger partial charge in [-0.2, -0.15) is 0 Å². The minimum Gasteiger partial charge on any atom is -0.312 e. The van der Waals surface area contributed by atoms with Crippen LogP contribution in [0.15, 0.2) is 70.6 Å². The average Bonchev–Trinajstić information content (AvgIpc) is 2.67. The summed E-state index contributed by atoms with van der Waals surface area (Å²) in [4.78, 5) is 33.6. The van der Waals surface area contributed by atoms with E-state index in [1.54, 1.807) is 4.90 Å². The molecule has 0 aliphatic rings. The Morgan fingerprint density at radius 3 is 2.59 bits per heavy atom. The number of H-pyrrole nitrogens is 1. The number of nitrogens with zero attached hydrogens (tertiary/aromatic N) is 2. The lowest BCUT2D eigenvalue weighted by atomic mass is 10.1. The van der Waals surface area contributed by atoms with Gasteiger partial charge in [-0.25, -0.2) is 4.98 Å². The van der Waals surface area contributed by atoms with Crippen molar-refractivity contribution in [1.29, 1.82) is 0 Å². The number of anilines is 1. The monoisotopic (exact) mass is 379 g/mol. The maximum Gasteiger partial charge on any atom is 0.252 e. The Hall–Kier alpha value is -2.86. The molecule has 138 valence electrons.